The van der Waals surface area contributed by atoms with Gasteiger partial charge in [0.2, 0.25) is 0 Å². The van der Waals surface area contributed by atoms with Gasteiger partial charge >= 0.3 is 29.8 Å². The van der Waals surface area contributed by atoms with E-state index < -0.39 is 55.0 Å². The van der Waals surface area contributed by atoms with Crippen LogP contribution in [0.25, 0.3) is 6.08 Å². The van der Waals surface area contributed by atoms with E-state index in [4.69, 9.17) is 18.9 Å². The van der Waals surface area contributed by atoms with Crippen molar-refractivity contribution >= 4 is 41.8 Å². The molecule has 0 aliphatic rings. The molecule has 2 rings (SSSR count). The van der Waals surface area contributed by atoms with E-state index >= 15 is 0 Å². The highest BCUT2D eigenvalue weighted by Gasteiger charge is 2.20. The molecule has 2 aromatic rings. The Hall–Kier alpha value is -5.24. The molecule has 14 nitrogen and oxygen atoms in total. The second-order valence-electron chi connectivity index (χ2n) is 8.86. The molecule has 0 bridgehead atoms. The lowest BCUT2D eigenvalue weighted by Crippen LogP contribution is -2.28. The molecule has 2 aromatic carbocycles. The monoisotopic (exact) mass is 601 g/mol. The lowest BCUT2D eigenvalue weighted by Gasteiger charge is -2.15. The van der Waals surface area contributed by atoms with E-state index in [2.05, 4.69) is 5.32 Å². The predicted molar refractivity (Wildman–Crippen MR) is 148 cm³/mol. The summed E-state index contributed by atoms with van der Waals surface area (Å²) >= 11 is 0. The maximum atomic E-state index is 12.6. The number of carboxylic acids is 3. The van der Waals surface area contributed by atoms with E-state index in [0.717, 1.165) is 0 Å². The van der Waals surface area contributed by atoms with Crippen LogP contribution in [-0.2, 0) is 52.7 Å². The largest absolute Gasteiger partial charge is 0.493 e. The number of hydrogen-bond acceptors (Lipinski definition) is 10. The highest BCUT2D eigenvalue weighted by Crippen LogP contribution is 2.28. The number of nitrogens with one attached hydrogen (secondary N) is 1. The van der Waals surface area contributed by atoms with Crippen molar-refractivity contribution in [3.63, 3.8) is 0 Å². The minimum absolute atomic E-state index is 0.0236. The van der Waals surface area contributed by atoms with Crippen molar-refractivity contribution < 1.29 is 63.0 Å². The summed E-state index contributed by atoms with van der Waals surface area (Å²) in [5.74, 6) is -5.06. The molecule has 43 heavy (non-hydrogen) atoms. The number of carbonyl (C=O) groups is 6. The van der Waals surface area contributed by atoms with Crippen molar-refractivity contribution in [2.45, 2.75) is 26.2 Å². The predicted octanol–water partition coefficient (Wildman–Crippen LogP) is 1.50. The molecule has 0 radical (unpaired) electrons. The normalized spacial score (nSPS) is 10.7. The van der Waals surface area contributed by atoms with Gasteiger partial charge in [0, 0.05) is 25.1 Å². The average molecular weight is 602 g/mol. The third-order valence-corrected chi connectivity index (χ3v) is 5.57. The molecule has 0 aliphatic carbocycles. The van der Waals surface area contributed by atoms with Crippen LogP contribution in [0.5, 0.6) is 11.5 Å². The van der Waals surface area contributed by atoms with E-state index in [1.807, 2.05) is 0 Å². The highest BCUT2D eigenvalue weighted by molar-refractivity contribution is 5.95. The fourth-order valence-corrected chi connectivity index (χ4v) is 3.83. The van der Waals surface area contributed by atoms with Gasteiger partial charge in [-0.25, -0.2) is 4.79 Å². The Morgan fingerprint density at radius 2 is 1.44 bits per heavy atom. The van der Waals surface area contributed by atoms with Gasteiger partial charge in [-0.05, 0) is 52.6 Å². The van der Waals surface area contributed by atoms with Crippen LogP contribution in [0.1, 0.15) is 39.5 Å². The Morgan fingerprint density at radius 1 is 0.814 bits per heavy atom. The number of carbonyl (C=O) groups excluding carboxylic acids is 3. The van der Waals surface area contributed by atoms with Gasteiger partial charge in [-0.3, -0.25) is 24.0 Å². The molecule has 14 heteroatoms. The van der Waals surface area contributed by atoms with Gasteiger partial charge in [0.1, 0.15) is 6.61 Å². The van der Waals surface area contributed by atoms with Gasteiger partial charge in [-0.15, -0.1) is 0 Å². The Bertz CT molecular complexity index is 1360. The van der Waals surface area contributed by atoms with Crippen LogP contribution in [0, 0.1) is 0 Å². The summed E-state index contributed by atoms with van der Waals surface area (Å²) in [4.78, 5) is 69.6. The average Bonchev–Trinajstić information content (AvgIpc) is 2.92. The van der Waals surface area contributed by atoms with Gasteiger partial charge in [0.25, 0.3) is 5.91 Å². The van der Waals surface area contributed by atoms with E-state index in [1.165, 1.54) is 44.4 Å². The summed E-state index contributed by atoms with van der Waals surface area (Å²) in [6.07, 6.45) is 0.894. The Morgan fingerprint density at radius 3 is 2.00 bits per heavy atom. The standard InChI is InChI=1S/C29H31NO13/c1-17(31)43-23-5-3-18(11-24(23)40-2)4-6-28(38)42-10-9-41-8-7-30-29(39)21-12-19(14-25(32)33)22(16-27(36)37)20(13-21)15-26(34)35/h3-6,11-13H,7-10,14-16H2,1-2H3,(H,30,39)(H,32,33)(H,34,35)(H,36,37)/b6-4+. The quantitative estimate of drug-likeness (QED) is 0.0877. The molecule has 0 aromatic heterocycles. The van der Waals surface area contributed by atoms with Crippen LogP contribution in [-0.4, -0.2) is 84.5 Å². The molecule has 0 heterocycles. The SMILES string of the molecule is COc1cc(/C=C/C(=O)OCCOCCNC(=O)c2cc(CC(=O)O)c(CC(=O)O)c(CC(=O)O)c2)ccc1OC(C)=O. The third kappa shape index (κ3) is 12.0. The van der Waals surface area contributed by atoms with Crippen LogP contribution in [0.3, 0.4) is 0 Å². The van der Waals surface area contributed by atoms with Crippen LogP contribution in [0.4, 0.5) is 0 Å². The van der Waals surface area contributed by atoms with Crippen LogP contribution in [0.15, 0.2) is 36.4 Å². The van der Waals surface area contributed by atoms with Gasteiger partial charge < -0.3 is 39.6 Å². The van der Waals surface area contributed by atoms with Gasteiger partial charge in [-0.1, -0.05) is 6.07 Å². The summed E-state index contributed by atoms with van der Waals surface area (Å²) in [5.41, 5.74) is 0.672. The van der Waals surface area contributed by atoms with Crippen molar-refractivity contribution in [1.29, 1.82) is 0 Å². The minimum Gasteiger partial charge on any atom is -0.493 e. The molecular formula is C29H31NO13. The first-order chi connectivity index (χ1) is 20.4. The van der Waals surface area contributed by atoms with E-state index in [-0.39, 0.29) is 54.4 Å². The number of amides is 1. The van der Waals surface area contributed by atoms with Crippen LogP contribution < -0.4 is 14.8 Å². The Kier molecular flexibility index (Phi) is 13.3. The van der Waals surface area contributed by atoms with Gasteiger partial charge in [-0.2, -0.15) is 0 Å². The highest BCUT2D eigenvalue weighted by atomic mass is 16.6. The summed E-state index contributed by atoms with van der Waals surface area (Å²) in [5, 5.41) is 30.1. The van der Waals surface area contributed by atoms with Crippen molar-refractivity contribution in [3.05, 3.63) is 64.2 Å². The lowest BCUT2D eigenvalue weighted by atomic mass is 9.91. The first-order valence-corrected chi connectivity index (χ1v) is 12.8. The molecule has 0 fully saturated rings. The number of methoxy groups -OCH3 is 1. The number of carboxylic acid groups (broad SMARTS) is 3. The smallest absolute Gasteiger partial charge is 0.330 e. The second kappa shape index (κ2) is 16.9. The molecule has 4 N–H and O–H groups in total. The van der Waals surface area contributed by atoms with Crippen LogP contribution >= 0.6 is 0 Å². The number of esters is 2. The Balaban J connectivity index is 1.85. The van der Waals surface area contributed by atoms with Crippen molar-refractivity contribution in [2.24, 2.45) is 0 Å². The molecular weight excluding hydrogens is 570 g/mol. The minimum atomic E-state index is -1.28. The van der Waals surface area contributed by atoms with Crippen molar-refractivity contribution in [1.82, 2.24) is 5.32 Å². The Labute approximate surface area is 245 Å². The first kappa shape index (κ1) is 34.0. The molecule has 0 unspecified atom stereocenters. The molecule has 0 aliphatic heterocycles. The summed E-state index contributed by atoms with van der Waals surface area (Å²) in [6.45, 7) is 1.27. The maximum absolute atomic E-state index is 12.6. The van der Waals surface area contributed by atoms with Gasteiger partial charge in [0.05, 0.1) is 39.6 Å². The van der Waals surface area contributed by atoms with Crippen molar-refractivity contribution in [3.8, 4) is 11.5 Å². The molecule has 0 atom stereocenters. The number of hydrogen-bond donors (Lipinski definition) is 4. The van der Waals surface area contributed by atoms with E-state index in [9.17, 15) is 44.1 Å². The third-order valence-electron chi connectivity index (χ3n) is 5.57. The topological polar surface area (TPSA) is 212 Å². The molecule has 0 saturated heterocycles. The zero-order valence-corrected chi connectivity index (χ0v) is 23.4. The molecule has 230 valence electrons. The van der Waals surface area contributed by atoms with E-state index in [1.54, 1.807) is 12.1 Å². The lowest BCUT2D eigenvalue weighted by molar-refractivity contribution is -0.139. The van der Waals surface area contributed by atoms with E-state index in [0.29, 0.717) is 11.3 Å². The molecule has 0 saturated carbocycles. The second-order valence-corrected chi connectivity index (χ2v) is 8.86. The summed E-state index contributed by atoms with van der Waals surface area (Å²) < 4.78 is 20.6. The fourth-order valence-electron chi connectivity index (χ4n) is 3.83. The van der Waals surface area contributed by atoms with Crippen molar-refractivity contribution in [2.75, 3.05) is 33.5 Å². The molecule has 1 amide bonds. The fraction of sp³-hybridized carbons (Fsp3) is 0.310. The summed E-state index contributed by atoms with van der Waals surface area (Å²) in [6, 6.07) is 7.17. The zero-order valence-electron chi connectivity index (χ0n) is 23.4. The maximum Gasteiger partial charge on any atom is 0.330 e. The zero-order chi connectivity index (χ0) is 31.9. The number of ether oxygens (including phenoxy) is 4. The molecule has 0 spiro atoms. The van der Waals surface area contributed by atoms with Crippen LogP contribution in [0.2, 0.25) is 0 Å². The number of benzene rings is 2. The number of aliphatic carboxylic acids is 3. The number of rotatable bonds is 17. The summed E-state index contributed by atoms with van der Waals surface area (Å²) in [7, 11) is 1.41. The first-order valence-electron chi connectivity index (χ1n) is 12.8. The van der Waals surface area contributed by atoms with Gasteiger partial charge in [0.15, 0.2) is 11.5 Å².